The molecule has 0 amide bonds. The predicted octanol–water partition coefficient (Wildman–Crippen LogP) is 12.8. The van der Waals surface area contributed by atoms with Gasteiger partial charge < -0.3 is 9.13 Å². The standard InChI is InChI=1S/C50H32N4/c1-3-14-33(15-4-1)45-31-38(32-46(52-45)36-18-13-17-35(30-36)44-29-26-34-16-7-10-23-43(34)51-44)54-48-25-12-9-22-40(48)42-28-27-41-39-21-8-11-24-47(39)53(49(41)50(42)54)37-19-5-2-6-20-37/h1-32H. The summed E-state index contributed by atoms with van der Waals surface area (Å²) in [6, 6.07) is 69.0. The largest absolute Gasteiger partial charge is 0.307 e. The Labute approximate surface area is 311 Å². The van der Waals surface area contributed by atoms with E-state index in [9.17, 15) is 0 Å². The number of fused-ring (bicyclic) bond motifs is 8. The first-order chi connectivity index (χ1) is 26.8. The zero-order chi connectivity index (χ0) is 35.6. The summed E-state index contributed by atoms with van der Waals surface area (Å²) >= 11 is 0. The maximum absolute atomic E-state index is 5.35. The molecular formula is C50H32N4. The number of pyridine rings is 2. The fourth-order valence-electron chi connectivity index (χ4n) is 8.23. The van der Waals surface area contributed by atoms with Gasteiger partial charge in [0, 0.05) is 49.3 Å². The van der Waals surface area contributed by atoms with Gasteiger partial charge in [0.2, 0.25) is 0 Å². The Morgan fingerprint density at radius 1 is 0.315 bits per heavy atom. The molecule has 0 aliphatic heterocycles. The zero-order valence-corrected chi connectivity index (χ0v) is 29.3. The molecule has 4 aromatic heterocycles. The van der Waals surface area contributed by atoms with Crippen LogP contribution in [0.15, 0.2) is 194 Å². The second-order valence-corrected chi connectivity index (χ2v) is 13.8. The van der Waals surface area contributed by atoms with Gasteiger partial charge in [0.25, 0.3) is 0 Å². The van der Waals surface area contributed by atoms with Gasteiger partial charge in [0.1, 0.15) is 0 Å². The van der Waals surface area contributed by atoms with Crippen molar-refractivity contribution in [2.24, 2.45) is 0 Å². The van der Waals surface area contributed by atoms with Gasteiger partial charge in [0.05, 0.1) is 50.4 Å². The molecule has 0 spiro atoms. The van der Waals surface area contributed by atoms with Crippen LogP contribution in [0.3, 0.4) is 0 Å². The van der Waals surface area contributed by atoms with Crippen molar-refractivity contribution < 1.29 is 0 Å². The van der Waals surface area contributed by atoms with Gasteiger partial charge in [-0.05, 0) is 54.6 Å². The van der Waals surface area contributed by atoms with Gasteiger partial charge in [-0.15, -0.1) is 0 Å². The van der Waals surface area contributed by atoms with Gasteiger partial charge in [-0.1, -0.05) is 140 Å². The van der Waals surface area contributed by atoms with Crippen molar-refractivity contribution in [3.63, 3.8) is 0 Å². The summed E-state index contributed by atoms with van der Waals surface area (Å²) in [7, 11) is 0. The number of rotatable bonds is 5. The van der Waals surface area contributed by atoms with E-state index in [0.29, 0.717) is 0 Å². The molecule has 7 aromatic carbocycles. The molecule has 4 heterocycles. The number of aromatic nitrogens is 4. The lowest BCUT2D eigenvalue weighted by molar-refractivity contribution is 1.14. The van der Waals surface area contributed by atoms with E-state index in [4.69, 9.17) is 9.97 Å². The maximum Gasteiger partial charge on any atom is 0.0788 e. The van der Waals surface area contributed by atoms with E-state index in [2.05, 4.69) is 197 Å². The van der Waals surface area contributed by atoms with Crippen LogP contribution in [0.2, 0.25) is 0 Å². The summed E-state index contributed by atoms with van der Waals surface area (Å²) in [5.41, 5.74) is 13.8. The van der Waals surface area contributed by atoms with E-state index in [1.807, 2.05) is 6.07 Å². The van der Waals surface area contributed by atoms with E-state index in [1.54, 1.807) is 0 Å². The molecular weight excluding hydrogens is 657 g/mol. The fourth-order valence-corrected chi connectivity index (χ4v) is 8.23. The summed E-state index contributed by atoms with van der Waals surface area (Å²) in [4.78, 5) is 10.4. The van der Waals surface area contributed by atoms with Crippen molar-refractivity contribution >= 4 is 54.5 Å². The minimum absolute atomic E-state index is 0.899. The van der Waals surface area contributed by atoms with Crippen LogP contribution in [0.5, 0.6) is 0 Å². The van der Waals surface area contributed by atoms with Crippen molar-refractivity contribution in [3.05, 3.63) is 194 Å². The molecule has 0 saturated carbocycles. The molecule has 0 unspecified atom stereocenters. The summed E-state index contributed by atoms with van der Waals surface area (Å²) in [5.74, 6) is 0. The molecule has 0 N–H and O–H groups in total. The first-order valence-corrected chi connectivity index (χ1v) is 18.3. The number of para-hydroxylation sites is 4. The Kier molecular flexibility index (Phi) is 6.82. The molecule has 54 heavy (non-hydrogen) atoms. The monoisotopic (exact) mass is 688 g/mol. The first-order valence-electron chi connectivity index (χ1n) is 18.3. The Bertz CT molecular complexity index is 3210. The second kappa shape index (κ2) is 12.1. The van der Waals surface area contributed by atoms with Crippen LogP contribution >= 0.6 is 0 Å². The minimum Gasteiger partial charge on any atom is -0.307 e. The molecule has 4 heteroatoms. The van der Waals surface area contributed by atoms with Crippen molar-refractivity contribution in [1.29, 1.82) is 0 Å². The van der Waals surface area contributed by atoms with Crippen molar-refractivity contribution in [1.82, 2.24) is 19.1 Å². The van der Waals surface area contributed by atoms with E-state index in [-0.39, 0.29) is 0 Å². The average molecular weight is 689 g/mol. The third kappa shape index (κ3) is 4.78. The normalized spacial score (nSPS) is 11.7. The summed E-state index contributed by atoms with van der Waals surface area (Å²) in [6.45, 7) is 0. The van der Waals surface area contributed by atoms with E-state index < -0.39 is 0 Å². The Hall–Kier alpha value is -7.30. The molecule has 0 fully saturated rings. The van der Waals surface area contributed by atoms with E-state index in [0.717, 1.165) is 61.6 Å². The van der Waals surface area contributed by atoms with Gasteiger partial charge in [-0.25, -0.2) is 9.97 Å². The molecule has 0 radical (unpaired) electrons. The second-order valence-electron chi connectivity index (χ2n) is 13.8. The smallest absolute Gasteiger partial charge is 0.0788 e. The molecule has 0 bridgehead atoms. The third-order valence-corrected chi connectivity index (χ3v) is 10.7. The fraction of sp³-hybridized carbons (Fsp3) is 0. The van der Waals surface area contributed by atoms with Gasteiger partial charge in [-0.3, -0.25) is 0 Å². The van der Waals surface area contributed by atoms with Crippen LogP contribution in [0.4, 0.5) is 0 Å². The number of nitrogens with zero attached hydrogens (tertiary/aromatic N) is 4. The highest BCUT2D eigenvalue weighted by Gasteiger charge is 2.22. The molecule has 252 valence electrons. The van der Waals surface area contributed by atoms with Gasteiger partial charge >= 0.3 is 0 Å². The average Bonchev–Trinajstić information content (AvgIpc) is 3.77. The predicted molar refractivity (Wildman–Crippen MR) is 225 cm³/mol. The lowest BCUT2D eigenvalue weighted by Crippen LogP contribution is -2.00. The highest BCUT2D eigenvalue weighted by molar-refractivity contribution is 6.23. The number of hydrogen-bond acceptors (Lipinski definition) is 2. The zero-order valence-electron chi connectivity index (χ0n) is 29.3. The molecule has 0 atom stereocenters. The summed E-state index contributed by atoms with van der Waals surface area (Å²) < 4.78 is 4.89. The van der Waals surface area contributed by atoms with E-state index >= 15 is 0 Å². The van der Waals surface area contributed by atoms with Gasteiger partial charge in [0.15, 0.2) is 0 Å². The van der Waals surface area contributed by atoms with Gasteiger partial charge in [-0.2, -0.15) is 0 Å². The minimum atomic E-state index is 0.899. The Balaban J connectivity index is 1.22. The van der Waals surface area contributed by atoms with Crippen LogP contribution in [-0.4, -0.2) is 19.1 Å². The quantitative estimate of drug-likeness (QED) is 0.180. The molecule has 11 aromatic rings. The molecule has 0 aliphatic carbocycles. The topological polar surface area (TPSA) is 35.6 Å². The molecule has 0 saturated heterocycles. The highest BCUT2D eigenvalue weighted by atomic mass is 15.0. The van der Waals surface area contributed by atoms with Crippen LogP contribution in [0.25, 0.3) is 99.7 Å². The van der Waals surface area contributed by atoms with Crippen LogP contribution < -0.4 is 0 Å². The van der Waals surface area contributed by atoms with Crippen molar-refractivity contribution in [2.45, 2.75) is 0 Å². The third-order valence-electron chi connectivity index (χ3n) is 10.7. The SMILES string of the molecule is c1ccc(-c2cc(-n3c4ccccc4c4ccc5c6ccccc6n(-c6ccccc6)c5c43)cc(-c3cccc(-c4ccc5ccccc5n4)c3)n2)cc1. The number of hydrogen-bond donors (Lipinski definition) is 0. The first kappa shape index (κ1) is 30.3. The lowest BCUT2D eigenvalue weighted by atomic mass is 10.0. The van der Waals surface area contributed by atoms with Crippen LogP contribution in [0, 0.1) is 0 Å². The lowest BCUT2D eigenvalue weighted by Gasteiger charge is -2.15. The van der Waals surface area contributed by atoms with Crippen molar-refractivity contribution in [3.8, 4) is 45.1 Å². The van der Waals surface area contributed by atoms with Crippen molar-refractivity contribution in [2.75, 3.05) is 0 Å². The van der Waals surface area contributed by atoms with Crippen LogP contribution in [-0.2, 0) is 0 Å². The number of benzene rings is 7. The molecule has 0 aliphatic rings. The molecule has 11 rings (SSSR count). The Morgan fingerprint density at radius 3 is 1.56 bits per heavy atom. The van der Waals surface area contributed by atoms with Crippen LogP contribution in [0.1, 0.15) is 0 Å². The highest BCUT2D eigenvalue weighted by Crippen LogP contribution is 2.42. The summed E-state index contributed by atoms with van der Waals surface area (Å²) in [6.07, 6.45) is 0. The van der Waals surface area contributed by atoms with E-state index in [1.165, 1.54) is 38.1 Å². The summed E-state index contributed by atoms with van der Waals surface area (Å²) in [5, 5.41) is 6.00. The maximum atomic E-state index is 5.35. The molecule has 4 nitrogen and oxygen atoms in total. The Morgan fingerprint density at radius 2 is 0.852 bits per heavy atom.